The van der Waals surface area contributed by atoms with Crippen LogP contribution in [-0.4, -0.2) is 74.2 Å². The summed E-state index contributed by atoms with van der Waals surface area (Å²) < 4.78 is 11.5. The molecule has 0 aromatic heterocycles. The standard InChI is InChI=1S/C16H26N2O4/c1-17(2)15(20)9-21-8-13-5-6-22-16(13)10-18(11-16)14(19)7-12-3-4-12/h12-13H,3-11H2,1-2H3. The maximum atomic E-state index is 12.1. The van der Waals surface area contributed by atoms with Gasteiger partial charge in [0.15, 0.2) is 0 Å². The van der Waals surface area contributed by atoms with Gasteiger partial charge in [-0.1, -0.05) is 0 Å². The molecule has 6 heteroatoms. The van der Waals surface area contributed by atoms with Crippen molar-refractivity contribution in [3.63, 3.8) is 0 Å². The number of hydrogen-bond acceptors (Lipinski definition) is 4. The second-order valence-corrected chi connectivity index (χ2v) is 7.10. The Bertz CT molecular complexity index is 441. The molecule has 2 saturated heterocycles. The van der Waals surface area contributed by atoms with Gasteiger partial charge in [-0.2, -0.15) is 0 Å². The van der Waals surface area contributed by atoms with E-state index in [9.17, 15) is 9.59 Å². The zero-order valence-corrected chi connectivity index (χ0v) is 13.5. The van der Waals surface area contributed by atoms with E-state index in [1.54, 1.807) is 14.1 Å². The molecule has 22 heavy (non-hydrogen) atoms. The van der Waals surface area contributed by atoms with Crippen LogP contribution in [0.15, 0.2) is 0 Å². The summed E-state index contributed by atoms with van der Waals surface area (Å²) in [6.07, 6.45) is 4.06. The number of rotatable bonds is 6. The molecule has 2 heterocycles. The van der Waals surface area contributed by atoms with Crippen LogP contribution in [0, 0.1) is 11.8 Å². The molecule has 0 aromatic rings. The Hall–Kier alpha value is -1.14. The number of carbonyl (C=O) groups excluding carboxylic acids is 2. The minimum atomic E-state index is -0.222. The first kappa shape index (κ1) is 15.7. The van der Waals surface area contributed by atoms with E-state index in [0.717, 1.165) is 13.0 Å². The normalized spacial score (nSPS) is 26.1. The number of hydrogen-bond donors (Lipinski definition) is 0. The summed E-state index contributed by atoms with van der Waals surface area (Å²) in [5, 5.41) is 0. The van der Waals surface area contributed by atoms with Crippen molar-refractivity contribution in [2.45, 2.75) is 31.3 Å². The van der Waals surface area contributed by atoms with Crippen LogP contribution >= 0.6 is 0 Å². The van der Waals surface area contributed by atoms with Gasteiger partial charge in [-0.05, 0) is 25.2 Å². The van der Waals surface area contributed by atoms with Gasteiger partial charge in [0.1, 0.15) is 12.2 Å². The first-order valence-corrected chi connectivity index (χ1v) is 8.20. The Labute approximate surface area is 131 Å². The molecule has 1 saturated carbocycles. The monoisotopic (exact) mass is 310 g/mol. The average Bonchev–Trinajstić information content (AvgIpc) is 3.13. The third-order valence-electron chi connectivity index (χ3n) is 5.07. The summed E-state index contributed by atoms with van der Waals surface area (Å²) in [5.41, 5.74) is -0.222. The molecule has 0 N–H and O–H groups in total. The first-order chi connectivity index (χ1) is 10.5. The number of ether oxygens (including phenoxy) is 2. The van der Waals surface area contributed by atoms with Crippen LogP contribution in [0.1, 0.15) is 25.7 Å². The topological polar surface area (TPSA) is 59.1 Å². The van der Waals surface area contributed by atoms with Crippen molar-refractivity contribution >= 4 is 11.8 Å². The summed E-state index contributed by atoms with van der Waals surface area (Å²) in [4.78, 5) is 27.1. The molecule has 0 aromatic carbocycles. The Kier molecular flexibility index (Phi) is 4.41. The Balaban J connectivity index is 1.43. The van der Waals surface area contributed by atoms with Gasteiger partial charge in [0.05, 0.1) is 19.7 Å². The molecule has 1 aliphatic carbocycles. The molecule has 6 nitrogen and oxygen atoms in total. The lowest BCUT2D eigenvalue weighted by molar-refractivity contribution is -0.169. The van der Waals surface area contributed by atoms with E-state index < -0.39 is 0 Å². The summed E-state index contributed by atoms with van der Waals surface area (Å²) in [5.74, 6) is 1.16. The van der Waals surface area contributed by atoms with Crippen LogP contribution in [-0.2, 0) is 19.1 Å². The highest BCUT2D eigenvalue weighted by Crippen LogP contribution is 2.41. The van der Waals surface area contributed by atoms with Crippen molar-refractivity contribution < 1.29 is 19.1 Å². The van der Waals surface area contributed by atoms with E-state index >= 15 is 0 Å². The van der Waals surface area contributed by atoms with Gasteiger partial charge in [0.25, 0.3) is 0 Å². The lowest BCUT2D eigenvalue weighted by atomic mass is 9.81. The SMILES string of the molecule is CN(C)C(=O)COCC1CCOC12CN(C(=O)CC1CC1)C2. The lowest BCUT2D eigenvalue weighted by Crippen LogP contribution is -2.66. The fourth-order valence-corrected chi connectivity index (χ4v) is 3.26. The van der Waals surface area contributed by atoms with E-state index in [-0.39, 0.29) is 29.9 Å². The summed E-state index contributed by atoms with van der Waals surface area (Å²) >= 11 is 0. The minimum Gasteiger partial charge on any atom is -0.371 e. The van der Waals surface area contributed by atoms with Gasteiger partial charge in [-0.15, -0.1) is 0 Å². The molecule has 0 radical (unpaired) electrons. The average molecular weight is 310 g/mol. The summed E-state index contributed by atoms with van der Waals surface area (Å²) in [6, 6.07) is 0. The maximum Gasteiger partial charge on any atom is 0.248 e. The van der Waals surface area contributed by atoms with E-state index in [0.29, 0.717) is 32.0 Å². The van der Waals surface area contributed by atoms with E-state index in [4.69, 9.17) is 9.47 Å². The fraction of sp³-hybridized carbons (Fsp3) is 0.875. The summed E-state index contributed by atoms with van der Waals surface area (Å²) in [6.45, 7) is 2.75. The van der Waals surface area contributed by atoms with Crippen LogP contribution in [0.25, 0.3) is 0 Å². The van der Waals surface area contributed by atoms with Crippen molar-refractivity contribution in [1.29, 1.82) is 0 Å². The van der Waals surface area contributed by atoms with Gasteiger partial charge in [0.2, 0.25) is 11.8 Å². The molecule has 1 atom stereocenters. The number of nitrogens with zero attached hydrogens (tertiary/aromatic N) is 2. The molecular formula is C16H26N2O4. The number of amides is 2. The number of carbonyl (C=O) groups is 2. The molecule has 1 spiro atoms. The quantitative estimate of drug-likeness (QED) is 0.717. The Morgan fingerprint density at radius 2 is 2.00 bits per heavy atom. The molecule has 1 unspecified atom stereocenters. The molecule has 0 bridgehead atoms. The first-order valence-electron chi connectivity index (χ1n) is 8.20. The van der Waals surface area contributed by atoms with Crippen molar-refractivity contribution in [3.8, 4) is 0 Å². The molecular weight excluding hydrogens is 284 g/mol. The van der Waals surface area contributed by atoms with Crippen molar-refractivity contribution in [2.75, 3.05) is 47.0 Å². The lowest BCUT2D eigenvalue weighted by Gasteiger charge is -2.50. The molecule has 3 rings (SSSR count). The van der Waals surface area contributed by atoms with Gasteiger partial charge in [0, 0.05) is 33.0 Å². The van der Waals surface area contributed by atoms with Crippen molar-refractivity contribution in [3.05, 3.63) is 0 Å². The second kappa shape index (κ2) is 6.16. The highest BCUT2D eigenvalue weighted by Gasteiger charge is 2.54. The minimum absolute atomic E-state index is 0.0252. The largest absolute Gasteiger partial charge is 0.371 e. The molecule has 3 aliphatic rings. The van der Waals surface area contributed by atoms with Crippen LogP contribution < -0.4 is 0 Å². The zero-order chi connectivity index (χ0) is 15.7. The molecule has 3 fully saturated rings. The summed E-state index contributed by atoms with van der Waals surface area (Å²) in [7, 11) is 3.45. The Morgan fingerprint density at radius 1 is 1.27 bits per heavy atom. The van der Waals surface area contributed by atoms with Gasteiger partial charge in [-0.25, -0.2) is 0 Å². The molecule has 2 aliphatic heterocycles. The molecule has 2 amide bonds. The number of likely N-dealkylation sites (N-methyl/N-ethyl adjacent to an activating group) is 1. The highest BCUT2D eigenvalue weighted by molar-refractivity contribution is 5.78. The van der Waals surface area contributed by atoms with E-state index in [2.05, 4.69) is 0 Å². The maximum absolute atomic E-state index is 12.1. The fourth-order valence-electron chi connectivity index (χ4n) is 3.26. The van der Waals surface area contributed by atoms with Gasteiger partial charge < -0.3 is 19.3 Å². The van der Waals surface area contributed by atoms with Crippen LogP contribution in [0.3, 0.4) is 0 Å². The van der Waals surface area contributed by atoms with E-state index in [1.165, 1.54) is 17.7 Å². The highest BCUT2D eigenvalue weighted by atomic mass is 16.5. The van der Waals surface area contributed by atoms with Crippen LogP contribution in [0.5, 0.6) is 0 Å². The van der Waals surface area contributed by atoms with Crippen LogP contribution in [0.2, 0.25) is 0 Å². The van der Waals surface area contributed by atoms with Crippen molar-refractivity contribution in [1.82, 2.24) is 9.80 Å². The third kappa shape index (κ3) is 3.27. The predicted octanol–water partition coefficient (Wildman–Crippen LogP) is 0.509. The van der Waals surface area contributed by atoms with Gasteiger partial charge in [-0.3, -0.25) is 9.59 Å². The van der Waals surface area contributed by atoms with Crippen LogP contribution in [0.4, 0.5) is 0 Å². The third-order valence-corrected chi connectivity index (χ3v) is 5.07. The van der Waals surface area contributed by atoms with Crippen molar-refractivity contribution in [2.24, 2.45) is 11.8 Å². The van der Waals surface area contributed by atoms with E-state index in [1.807, 2.05) is 4.90 Å². The predicted molar refractivity (Wildman–Crippen MR) is 80.2 cm³/mol. The Morgan fingerprint density at radius 3 is 2.64 bits per heavy atom. The second-order valence-electron chi connectivity index (χ2n) is 7.10. The number of likely N-dealkylation sites (tertiary alicyclic amines) is 1. The smallest absolute Gasteiger partial charge is 0.248 e. The molecule has 124 valence electrons. The van der Waals surface area contributed by atoms with Gasteiger partial charge >= 0.3 is 0 Å². The zero-order valence-electron chi connectivity index (χ0n) is 13.5.